The molecule has 0 spiro atoms. The molecule has 4 heteroatoms. The monoisotopic (exact) mass is 282 g/mol. The number of benzene rings is 1. The van der Waals surface area contributed by atoms with Crippen LogP contribution < -0.4 is 5.73 Å². The number of piperidine rings is 1. The van der Waals surface area contributed by atoms with Gasteiger partial charge in [-0.3, -0.25) is 0 Å². The number of nitrogens with two attached hydrogens (primary N) is 1. The summed E-state index contributed by atoms with van der Waals surface area (Å²) in [6.07, 6.45) is 3.47. The summed E-state index contributed by atoms with van der Waals surface area (Å²) in [7, 11) is 0. The Morgan fingerprint density at radius 2 is 1.95 bits per heavy atom. The molecule has 1 aromatic carbocycles. The highest BCUT2D eigenvalue weighted by atomic mass is 19.2. The summed E-state index contributed by atoms with van der Waals surface area (Å²) in [5.74, 6) is -1.63. The van der Waals surface area contributed by atoms with Crippen molar-refractivity contribution < 1.29 is 8.78 Å². The van der Waals surface area contributed by atoms with Gasteiger partial charge >= 0.3 is 0 Å². The average molecular weight is 282 g/mol. The number of hydrogen-bond donors (Lipinski definition) is 1. The Bertz CT molecular complexity index is 454. The van der Waals surface area contributed by atoms with Gasteiger partial charge in [-0.05, 0) is 37.4 Å². The first-order valence-electron chi connectivity index (χ1n) is 7.37. The Balaban J connectivity index is 1.96. The Kier molecular flexibility index (Phi) is 4.76. The van der Waals surface area contributed by atoms with Crippen molar-refractivity contribution in [3.05, 3.63) is 35.4 Å². The zero-order valence-electron chi connectivity index (χ0n) is 12.3. The van der Waals surface area contributed by atoms with Crippen molar-refractivity contribution in [2.24, 2.45) is 11.1 Å². The molecule has 2 nitrogen and oxygen atoms in total. The van der Waals surface area contributed by atoms with Gasteiger partial charge in [-0.1, -0.05) is 32.4 Å². The molecule has 0 bridgehead atoms. The lowest BCUT2D eigenvalue weighted by Gasteiger charge is -2.39. The minimum atomic E-state index is -0.824. The van der Waals surface area contributed by atoms with Gasteiger partial charge in [0.05, 0.1) is 0 Å². The summed E-state index contributed by atoms with van der Waals surface area (Å²) in [5, 5.41) is 0. The SMILES string of the molecule is CCC1(C)CCN(CC(N)c2cccc(F)c2F)CC1. The number of nitrogens with zero attached hydrogens (tertiary/aromatic N) is 1. The topological polar surface area (TPSA) is 29.3 Å². The normalized spacial score (nSPS) is 20.9. The zero-order valence-corrected chi connectivity index (χ0v) is 12.3. The van der Waals surface area contributed by atoms with Gasteiger partial charge < -0.3 is 10.6 Å². The summed E-state index contributed by atoms with van der Waals surface area (Å²) in [6, 6.07) is 3.73. The predicted octanol–water partition coefficient (Wildman–Crippen LogP) is 3.48. The zero-order chi connectivity index (χ0) is 14.8. The van der Waals surface area contributed by atoms with Crippen LogP contribution in [0.4, 0.5) is 8.78 Å². The van der Waals surface area contributed by atoms with Crippen molar-refractivity contribution >= 4 is 0 Å². The third-order valence-electron chi connectivity index (χ3n) is 4.75. The van der Waals surface area contributed by atoms with Crippen LogP contribution in [0.2, 0.25) is 0 Å². The fourth-order valence-corrected chi connectivity index (χ4v) is 2.81. The summed E-state index contributed by atoms with van der Waals surface area (Å²) in [4.78, 5) is 2.26. The molecule has 1 fully saturated rings. The molecule has 1 atom stereocenters. The molecule has 1 saturated heterocycles. The van der Waals surface area contributed by atoms with Gasteiger partial charge in [-0.2, -0.15) is 0 Å². The minimum absolute atomic E-state index is 0.272. The van der Waals surface area contributed by atoms with E-state index in [0.29, 0.717) is 12.0 Å². The molecule has 1 aliphatic rings. The lowest BCUT2D eigenvalue weighted by atomic mass is 9.78. The largest absolute Gasteiger partial charge is 0.323 e. The van der Waals surface area contributed by atoms with E-state index in [1.54, 1.807) is 6.07 Å². The summed E-state index contributed by atoms with van der Waals surface area (Å²) in [5.41, 5.74) is 6.74. The van der Waals surface area contributed by atoms with Gasteiger partial charge in [0.25, 0.3) is 0 Å². The summed E-state index contributed by atoms with van der Waals surface area (Å²) in [6.45, 7) is 7.09. The van der Waals surface area contributed by atoms with Gasteiger partial charge in [0.2, 0.25) is 0 Å². The van der Waals surface area contributed by atoms with Gasteiger partial charge in [0.1, 0.15) is 0 Å². The minimum Gasteiger partial charge on any atom is -0.323 e. The van der Waals surface area contributed by atoms with E-state index in [-0.39, 0.29) is 5.56 Å². The number of rotatable bonds is 4. The van der Waals surface area contributed by atoms with E-state index in [4.69, 9.17) is 5.73 Å². The Morgan fingerprint density at radius 1 is 1.30 bits per heavy atom. The molecule has 0 aromatic heterocycles. The highest BCUT2D eigenvalue weighted by molar-refractivity contribution is 5.22. The predicted molar refractivity (Wildman–Crippen MR) is 77.4 cm³/mol. The third kappa shape index (κ3) is 3.36. The van der Waals surface area contributed by atoms with Crippen molar-refractivity contribution in [3.63, 3.8) is 0 Å². The van der Waals surface area contributed by atoms with Crippen molar-refractivity contribution in [1.82, 2.24) is 4.90 Å². The van der Waals surface area contributed by atoms with Gasteiger partial charge in [0.15, 0.2) is 11.6 Å². The van der Waals surface area contributed by atoms with Crippen LogP contribution in [0.3, 0.4) is 0 Å². The number of halogens is 2. The summed E-state index contributed by atoms with van der Waals surface area (Å²) < 4.78 is 26.9. The van der Waals surface area contributed by atoms with Crippen molar-refractivity contribution in [3.8, 4) is 0 Å². The molecule has 1 heterocycles. The van der Waals surface area contributed by atoms with Crippen LogP contribution in [0.25, 0.3) is 0 Å². The molecular weight excluding hydrogens is 258 g/mol. The first-order chi connectivity index (χ1) is 9.45. The molecule has 2 N–H and O–H groups in total. The second kappa shape index (κ2) is 6.19. The molecule has 112 valence electrons. The lowest BCUT2D eigenvalue weighted by molar-refractivity contribution is 0.109. The van der Waals surface area contributed by atoms with E-state index in [0.717, 1.165) is 32.0 Å². The Morgan fingerprint density at radius 3 is 2.55 bits per heavy atom. The highest BCUT2D eigenvalue weighted by Crippen LogP contribution is 2.34. The standard InChI is InChI=1S/C16H24F2N2/c1-3-16(2)7-9-20(10-8-16)11-14(19)12-5-4-6-13(17)15(12)18/h4-6,14H,3,7-11,19H2,1-2H3. The molecule has 0 radical (unpaired) electrons. The molecular formula is C16H24F2N2. The van der Waals surface area contributed by atoms with E-state index in [1.165, 1.54) is 12.5 Å². The molecule has 20 heavy (non-hydrogen) atoms. The van der Waals surface area contributed by atoms with Gasteiger partial charge in [-0.25, -0.2) is 8.78 Å². The first kappa shape index (κ1) is 15.4. The quantitative estimate of drug-likeness (QED) is 0.916. The first-order valence-corrected chi connectivity index (χ1v) is 7.37. The molecule has 0 saturated carbocycles. The van der Waals surface area contributed by atoms with Crippen LogP contribution in [-0.4, -0.2) is 24.5 Å². The highest BCUT2D eigenvalue weighted by Gasteiger charge is 2.29. The van der Waals surface area contributed by atoms with Crippen LogP contribution in [0.15, 0.2) is 18.2 Å². The van der Waals surface area contributed by atoms with E-state index < -0.39 is 17.7 Å². The van der Waals surface area contributed by atoms with Crippen LogP contribution >= 0.6 is 0 Å². The molecule has 0 amide bonds. The maximum Gasteiger partial charge on any atom is 0.163 e. The molecule has 2 rings (SSSR count). The smallest absolute Gasteiger partial charge is 0.163 e. The second-order valence-electron chi connectivity index (χ2n) is 6.21. The van der Waals surface area contributed by atoms with Crippen LogP contribution in [-0.2, 0) is 0 Å². The summed E-state index contributed by atoms with van der Waals surface area (Å²) >= 11 is 0. The molecule has 1 aromatic rings. The average Bonchev–Trinajstić information content (AvgIpc) is 2.44. The van der Waals surface area contributed by atoms with Gasteiger partial charge in [-0.15, -0.1) is 0 Å². The Hall–Kier alpha value is -1.00. The number of hydrogen-bond acceptors (Lipinski definition) is 2. The maximum atomic E-state index is 13.7. The van der Waals surface area contributed by atoms with Crippen molar-refractivity contribution in [2.45, 2.75) is 39.2 Å². The lowest BCUT2D eigenvalue weighted by Crippen LogP contribution is -2.41. The number of likely N-dealkylation sites (tertiary alicyclic amines) is 1. The van der Waals surface area contributed by atoms with E-state index in [9.17, 15) is 8.78 Å². The fourth-order valence-electron chi connectivity index (χ4n) is 2.81. The van der Waals surface area contributed by atoms with Gasteiger partial charge in [0, 0.05) is 18.2 Å². The van der Waals surface area contributed by atoms with Crippen LogP contribution in [0.1, 0.15) is 44.7 Å². The van der Waals surface area contributed by atoms with Crippen molar-refractivity contribution in [2.75, 3.05) is 19.6 Å². The second-order valence-corrected chi connectivity index (χ2v) is 6.21. The maximum absolute atomic E-state index is 13.7. The molecule has 1 aliphatic heterocycles. The van der Waals surface area contributed by atoms with Crippen LogP contribution in [0.5, 0.6) is 0 Å². The van der Waals surface area contributed by atoms with E-state index >= 15 is 0 Å². The fraction of sp³-hybridized carbons (Fsp3) is 0.625. The molecule has 0 aliphatic carbocycles. The molecule has 1 unspecified atom stereocenters. The van der Waals surface area contributed by atoms with Crippen molar-refractivity contribution in [1.29, 1.82) is 0 Å². The van der Waals surface area contributed by atoms with E-state index in [1.807, 2.05) is 0 Å². The third-order valence-corrected chi connectivity index (χ3v) is 4.75. The van der Waals surface area contributed by atoms with Crippen LogP contribution in [0, 0.1) is 17.0 Å². The van der Waals surface area contributed by atoms with E-state index in [2.05, 4.69) is 18.7 Å². The Labute approximate surface area is 120 Å².